The SMILES string of the molecule is CCCCNC(=O)c1ccc(-c2cc(C(=O)NCc3c(C)cc(C)[nH]c3=O)c(C)c(N(CC)C3CCC(N(C)C)CC3)c2)cc1. The van der Waals surface area contributed by atoms with Gasteiger partial charge in [0.25, 0.3) is 17.4 Å². The van der Waals surface area contributed by atoms with E-state index in [1.807, 2.05) is 57.2 Å². The van der Waals surface area contributed by atoms with Crippen molar-refractivity contribution in [2.75, 3.05) is 32.1 Å². The molecule has 1 saturated carbocycles. The van der Waals surface area contributed by atoms with Crippen LogP contribution in [0.1, 0.15) is 95.5 Å². The largest absolute Gasteiger partial charge is 0.369 e. The van der Waals surface area contributed by atoms with Crippen LogP contribution >= 0.6 is 0 Å². The molecule has 1 aromatic heterocycles. The van der Waals surface area contributed by atoms with Crippen LogP contribution < -0.4 is 21.1 Å². The summed E-state index contributed by atoms with van der Waals surface area (Å²) in [4.78, 5) is 46.8. The zero-order valence-electron chi connectivity index (χ0n) is 28.2. The maximum atomic E-state index is 13.8. The van der Waals surface area contributed by atoms with Crippen molar-refractivity contribution in [2.45, 2.75) is 91.8 Å². The number of carbonyl (C=O) groups is 2. The third kappa shape index (κ3) is 8.23. The highest BCUT2D eigenvalue weighted by atomic mass is 16.2. The van der Waals surface area contributed by atoms with Gasteiger partial charge in [0.1, 0.15) is 0 Å². The normalized spacial score (nSPS) is 16.4. The molecule has 0 aliphatic heterocycles. The summed E-state index contributed by atoms with van der Waals surface area (Å²) in [6.07, 6.45) is 6.46. The van der Waals surface area contributed by atoms with E-state index in [2.05, 4.69) is 59.4 Å². The standard InChI is InChI=1S/C37H51N5O3/c1-8-10-19-38-35(43)28-13-11-27(12-14-28)29-21-32(36(44)39-23-33-24(3)20-25(4)40-37(33)45)26(5)34(22-29)42(9-2)31-17-15-30(16-18-31)41(6)7/h11-14,20-22,30-31H,8-10,15-19,23H2,1-7H3,(H,38,43)(H,39,44)(H,40,45). The van der Waals surface area contributed by atoms with E-state index in [1.54, 1.807) is 0 Å². The van der Waals surface area contributed by atoms with E-state index >= 15 is 0 Å². The molecule has 3 aromatic rings. The van der Waals surface area contributed by atoms with Crippen LogP contribution in [0.4, 0.5) is 5.69 Å². The highest BCUT2D eigenvalue weighted by Gasteiger charge is 2.28. The van der Waals surface area contributed by atoms with E-state index in [1.165, 1.54) is 0 Å². The first-order valence-electron chi connectivity index (χ1n) is 16.5. The van der Waals surface area contributed by atoms with E-state index < -0.39 is 0 Å². The summed E-state index contributed by atoms with van der Waals surface area (Å²) in [7, 11) is 4.32. The predicted molar refractivity (Wildman–Crippen MR) is 184 cm³/mol. The van der Waals surface area contributed by atoms with Gasteiger partial charge in [-0.3, -0.25) is 14.4 Å². The number of nitrogens with one attached hydrogen (secondary N) is 3. The van der Waals surface area contributed by atoms with E-state index in [0.717, 1.165) is 78.7 Å². The summed E-state index contributed by atoms with van der Waals surface area (Å²) in [5.74, 6) is -0.291. The molecule has 1 fully saturated rings. The second kappa shape index (κ2) is 15.4. The van der Waals surface area contributed by atoms with Crippen molar-refractivity contribution in [1.82, 2.24) is 20.5 Å². The molecule has 0 radical (unpaired) electrons. The summed E-state index contributed by atoms with van der Waals surface area (Å²) in [5.41, 5.74) is 7.08. The van der Waals surface area contributed by atoms with Gasteiger partial charge in [-0.1, -0.05) is 25.5 Å². The van der Waals surface area contributed by atoms with Gasteiger partial charge in [-0.25, -0.2) is 0 Å². The molecule has 0 saturated heterocycles. The van der Waals surface area contributed by atoms with Crippen LogP contribution in [-0.4, -0.2) is 61.0 Å². The smallest absolute Gasteiger partial charge is 0.253 e. The lowest BCUT2D eigenvalue weighted by atomic mass is 9.88. The third-order valence-electron chi connectivity index (χ3n) is 9.33. The lowest BCUT2D eigenvalue weighted by Crippen LogP contribution is -2.42. The molecule has 2 aromatic carbocycles. The Morgan fingerprint density at radius 1 is 0.867 bits per heavy atom. The number of pyridine rings is 1. The van der Waals surface area contributed by atoms with Crippen molar-refractivity contribution >= 4 is 17.5 Å². The Morgan fingerprint density at radius 2 is 1.53 bits per heavy atom. The Labute approximate surface area is 268 Å². The first-order chi connectivity index (χ1) is 21.5. The Bertz CT molecular complexity index is 1530. The maximum Gasteiger partial charge on any atom is 0.253 e. The zero-order chi connectivity index (χ0) is 32.7. The lowest BCUT2D eigenvalue weighted by Gasteiger charge is -2.40. The number of rotatable bonds is 12. The first-order valence-corrected chi connectivity index (χ1v) is 16.5. The van der Waals surface area contributed by atoms with Gasteiger partial charge in [0, 0.05) is 59.8 Å². The average Bonchev–Trinajstić information content (AvgIpc) is 3.02. The minimum atomic E-state index is -0.214. The number of amides is 2. The van der Waals surface area contributed by atoms with Gasteiger partial charge in [0.05, 0.1) is 0 Å². The quantitative estimate of drug-likeness (QED) is 0.214. The zero-order valence-corrected chi connectivity index (χ0v) is 28.2. The van der Waals surface area contributed by atoms with Crippen LogP contribution in [0.3, 0.4) is 0 Å². The van der Waals surface area contributed by atoms with Crippen LogP contribution in [0.25, 0.3) is 11.1 Å². The molecule has 4 rings (SSSR count). The van der Waals surface area contributed by atoms with Crippen LogP contribution in [0.5, 0.6) is 0 Å². The number of nitrogens with zero attached hydrogens (tertiary/aromatic N) is 2. The number of aromatic amines is 1. The summed E-state index contributed by atoms with van der Waals surface area (Å²) < 4.78 is 0. The Morgan fingerprint density at radius 3 is 2.13 bits per heavy atom. The highest BCUT2D eigenvalue weighted by Crippen LogP contribution is 2.35. The Kier molecular flexibility index (Phi) is 11.6. The molecule has 0 bridgehead atoms. The van der Waals surface area contributed by atoms with E-state index in [9.17, 15) is 14.4 Å². The number of hydrogen-bond acceptors (Lipinski definition) is 5. The van der Waals surface area contributed by atoms with Gasteiger partial charge in [-0.15, -0.1) is 0 Å². The molecule has 8 heteroatoms. The van der Waals surface area contributed by atoms with Crippen molar-refractivity contribution in [3.05, 3.63) is 86.3 Å². The number of aromatic nitrogens is 1. The summed E-state index contributed by atoms with van der Waals surface area (Å²) in [6, 6.07) is 14.7. The van der Waals surface area contributed by atoms with Gasteiger partial charge in [-0.05, 0) is 126 Å². The van der Waals surface area contributed by atoms with E-state index in [0.29, 0.717) is 35.3 Å². The number of hydrogen-bond donors (Lipinski definition) is 3. The van der Waals surface area contributed by atoms with E-state index in [4.69, 9.17) is 0 Å². The maximum absolute atomic E-state index is 13.8. The predicted octanol–water partition coefficient (Wildman–Crippen LogP) is 6.13. The molecule has 0 atom stereocenters. The van der Waals surface area contributed by atoms with Crippen molar-refractivity contribution in [1.29, 1.82) is 0 Å². The molecule has 1 aliphatic rings. The van der Waals surface area contributed by atoms with Gasteiger partial charge < -0.3 is 25.4 Å². The Balaban J connectivity index is 1.69. The molecule has 0 unspecified atom stereocenters. The number of unbranched alkanes of at least 4 members (excludes halogenated alkanes) is 1. The molecule has 1 aliphatic carbocycles. The van der Waals surface area contributed by atoms with Gasteiger partial charge in [0.2, 0.25) is 0 Å². The van der Waals surface area contributed by atoms with Crippen molar-refractivity contribution in [3.8, 4) is 11.1 Å². The fourth-order valence-electron chi connectivity index (χ4n) is 6.57. The van der Waals surface area contributed by atoms with Gasteiger partial charge in [-0.2, -0.15) is 0 Å². The summed E-state index contributed by atoms with van der Waals surface area (Å²) >= 11 is 0. The third-order valence-corrected chi connectivity index (χ3v) is 9.33. The van der Waals surface area contributed by atoms with Crippen LogP contribution in [-0.2, 0) is 6.54 Å². The number of benzene rings is 2. The van der Waals surface area contributed by atoms with Crippen LogP contribution in [0.15, 0.2) is 47.3 Å². The molecule has 242 valence electrons. The van der Waals surface area contributed by atoms with Crippen LogP contribution in [0, 0.1) is 20.8 Å². The molecular weight excluding hydrogens is 562 g/mol. The lowest BCUT2D eigenvalue weighted by molar-refractivity contribution is 0.0943. The number of carbonyl (C=O) groups excluding carboxylic acids is 2. The van der Waals surface area contributed by atoms with Crippen molar-refractivity contribution in [2.24, 2.45) is 0 Å². The second-order valence-corrected chi connectivity index (χ2v) is 12.7. The molecule has 2 amide bonds. The number of H-pyrrole nitrogens is 1. The molecule has 8 nitrogen and oxygen atoms in total. The molecule has 45 heavy (non-hydrogen) atoms. The minimum Gasteiger partial charge on any atom is -0.369 e. The Hall–Kier alpha value is -3.91. The first kappa shape index (κ1) is 34.0. The molecule has 0 spiro atoms. The second-order valence-electron chi connectivity index (χ2n) is 12.7. The van der Waals surface area contributed by atoms with E-state index in [-0.39, 0.29) is 23.9 Å². The topological polar surface area (TPSA) is 97.5 Å². The number of anilines is 1. The molecular formula is C37H51N5O3. The summed E-state index contributed by atoms with van der Waals surface area (Å²) in [6.45, 7) is 11.7. The van der Waals surface area contributed by atoms with Gasteiger partial charge in [0.15, 0.2) is 0 Å². The fourth-order valence-corrected chi connectivity index (χ4v) is 6.57. The van der Waals surface area contributed by atoms with Gasteiger partial charge >= 0.3 is 0 Å². The molecule has 1 heterocycles. The highest BCUT2D eigenvalue weighted by molar-refractivity contribution is 5.99. The minimum absolute atomic E-state index is 0.0773. The van der Waals surface area contributed by atoms with Crippen molar-refractivity contribution < 1.29 is 9.59 Å². The average molecular weight is 614 g/mol. The summed E-state index contributed by atoms with van der Waals surface area (Å²) in [5, 5.41) is 6.01. The molecule has 3 N–H and O–H groups in total. The monoisotopic (exact) mass is 613 g/mol. The number of aryl methyl sites for hydroxylation is 2. The van der Waals surface area contributed by atoms with Crippen molar-refractivity contribution in [3.63, 3.8) is 0 Å². The van der Waals surface area contributed by atoms with Crippen LogP contribution in [0.2, 0.25) is 0 Å². The fraction of sp³-hybridized carbons (Fsp3) is 0.486.